The molecular weight excluding hydrogens is 430 g/mol. The van der Waals surface area contributed by atoms with Crippen LogP contribution in [0.5, 0.6) is 0 Å². The van der Waals surface area contributed by atoms with Crippen LogP contribution in [0.3, 0.4) is 0 Å². The molecule has 10 heteroatoms. The number of hydrogen-bond acceptors (Lipinski definition) is 5. The number of hydrogen-bond donors (Lipinski definition) is 2. The molecule has 2 aromatic heterocycles. The first kappa shape index (κ1) is 20.0. The van der Waals surface area contributed by atoms with Gasteiger partial charge in [-0.2, -0.15) is 0 Å². The summed E-state index contributed by atoms with van der Waals surface area (Å²) in [6.07, 6.45) is 0. The molecule has 0 bridgehead atoms. The number of thiazole rings is 1. The van der Waals surface area contributed by atoms with Crippen molar-refractivity contribution in [2.75, 3.05) is 5.32 Å². The van der Waals surface area contributed by atoms with Gasteiger partial charge in [0.15, 0.2) is 21.5 Å². The van der Waals surface area contributed by atoms with Crippen molar-refractivity contribution >= 4 is 45.5 Å². The van der Waals surface area contributed by atoms with Crippen molar-refractivity contribution < 1.29 is 13.6 Å². The van der Waals surface area contributed by atoms with Gasteiger partial charge in [0.2, 0.25) is 0 Å². The largest absolute Gasteiger partial charge is 0.332 e. The average molecular weight is 444 g/mol. The number of H-pyrrole nitrogens is 1. The number of fused-ring (bicyclic) bond motifs is 1. The average Bonchev–Trinajstić information content (AvgIpc) is 3.08. The zero-order valence-electron chi connectivity index (χ0n) is 15.7. The molecule has 0 saturated heterocycles. The van der Waals surface area contributed by atoms with Crippen LogP contribution in [-0.4, -0.2) is 20.4 Å². The van der Waals surface area contributed by atoms with E-state index in [0.29, 0.717) is 32.9 Å². The summed E-state index contributed by atoms with van der Waals surface area (Å²) in [4.78, 5) is 32.9. The summed E-state index contributed by atoms with van der Waals surface area (Å²) < 4.78 is 28.3. The SMILES string of the molecule is Cc1sc(NC(=O)c2ccc3c(=O)n(C)c(=S)[nH]c3c2)nc1-c1ccc(F)c(F)c1. The highest BCUT2D eigenvalue weighted by molar-refractivity contribution is 7.71. The second kappa shape index (κ2) is 7.54. The van der Waals surface area contributed by atoms with Crippen molar-refractivity contribution in [1.29, 1.82) is 0 Å². The maximum atomic E-state index is 13.5. The summed E-state index contributed by atoms with van der Waals surface area (Å²) in [5.41, 5.74) is 1.38. The number of rotatable bonds is 3. The van der Waals surface area contributed by atoms with Gasteiger partial charge in [-0.15, -0.1) is 11.3 Å². The third-order valence-corrected chi connectivity index (χ3v) is 5.84. The molecule has 0 saturated carbocycles. The zero-order valence-corrected chi connectivity index (χ0v) is 17.4. The van der Waals surface area contributed by atoms with E-state index in [4.69, 9.17) is 12.2 Å². The van der Waals surface area contributed by atoms with Crippen LogP contribution in [0.4, 0.5) is 13.9 Å². The van der Waals surface area contributed by atoms with Crippen molar-refractivity contribution in [2.24, 2.45) is 7.05 Å². The lowest BCUT2D eigenvalue weighted by Crippen LogP contribution is -2.19. The molecule has 0 aliphatic rings. The van der Waals surface area contributed by atoms with Gasteiger partial charge < -0.3 is 4.98 Å². The number of carbonyl (C=O) groups excluding carboxylic acids is 1. The van der Waals surface area contributed by atoms with E-state index in [9.17, 15) is 18.4 Å². The van der Waals surface area contributed by atoms with Gasteiger partial charge in [-0.05, 0) is 55.5 Å². The standard InChI is InChI=1S/C20H14F2N4O2S2/c1-9-16(10-4-6-13(21)14(22)7-10)24-19(30-9)25-17(27)11-3-5-12-15(8-11)23-20(29)26(2)18(12)28/h3-8H,1-2H3,(H,23,29)(H,24,25,27). The molecule has 2 N–H and O–H groups in total. The molecule has 4 aromatic rings. The molecule has 0 fully saturated rings. The molecule has 30 heavy (non-hydrogen) atoms. The third kappa shape index (κ3) is 3.55. The highest BCUT2D eigenvalue weighted by Crippen LogP contribution is 2.31. The van der Waals surface area contributed by atoms with Crippen LogP contribution in [0.15, 0.2) is 41.2 Å². The van der Waals surface area contributed by atoms with Crippen molar-refractivity contribution in [3.63, 3.8) is 0 Å². The second-order valence-corrected chi connectivity index (χ2v) is 8.15. The number of benzene rings is 2. The Morgan fingerprint density at radius 2 is 1.97 bits per heavy atom. The predicted molar refractivity (Wildman–Crippen MR) is 115 cm³/mol. The fourth-order valence-corrected chi connectivity index (χ4v) is 4.00. The molecule has 2 aromatic carbocycles. The lowest BCUT2D eigenvalue weighted by atomic mass is 10.1. The van der Waals surface area contributed by atoms with Gasteiger partial charge in [0.05, 0.1) is 16.6 Å². The van der Waals surface area contributed by atoms with Crippen LogP contribution < -0.4 is 10.9 Å². The van der Waals surface area contributed by atoms with Crippen molar-refractivity contribution in [1.82, 2.24) is 14.5 Å². The van der Waals surface area contributed by atoms with Crippen LogP contribution >= 0.6 is 23.6 Å². The lowest BCUT2D eigenvalue weighted by molar-refractivity contribution is 0.102. The number of halogens is 2. The quantitative estimate of drug-likeness (QED) is 0.454. The monoisotopic (exact) mass is 444 g/mol. The molecule has 0 aliphatic heterocycles. The van der Waals surface area contributed by atoms with E-state index in [1.54, 1.807) is 26.1 Å². The maximum Gasteiger partial charge on any atom is 0.261 e. The van der Waals surface area contributed by atoms with Gasteiger partial charge in [0.25, 0.3) is 11.5 Å². The van der Waals surface area contributed by atoms with E-state index in [1.807, 2.05) is 0 Å². The molecule has 6 nitrogen and oxygen atoms in total. The highest BCUT2D eigenvalue weighted by Gasteiger charge is 2.15. The van der Waals surface area contributed by atoms with Crippen LogP contribution in [0.25, 0.3) is 22.2 Å². The molecule has 0 aliphatic carbocycles. The van der Waals surface area contributed by atoms with E-state index >= 15 is 0 Å². The topological polar surface area (TPSA) is 79.8 Å². The summed E-state index contributed by atoms with van der Waals surface area (Å²) in [6, 6.07) is 8.15. The smallest absolute Gasteiger partial charge is 0.261 e. The number of carbonyl (C=O) groups is 1. The van der Waals surface area contributed by atoms with Crippen molar-refractivity contribution in [3.05, 3.63) is 73.6 Å². The summed E-state index contributed by atoms with van der Waals surface area (Å²) >= 11 is 6.33. The van der Waals surface area contributed by atoms with Crippen LogP contribution in [0, 0.1) is 23.3 Å². The first-order valence-corrected chi connectivity index (χ1v) is 9.94. The fourth-order valence-electron chi connectivity index (χ4n) is 2.98. The Balaban J connectivity index is 1.64. The molecular formula is C20H14F2N4O2S2. The Morgan fingerprint density at radius 1 is 1.20 bits per heavy atom. The zero-order chi connectivity index (χ0) is 21.6. The van der Waals surface area contributed by atoms with Crippen molar-refractivity contribution in [3.8, 4) is 11.3 Å². The molecule has 4 rings (SSSR count). The van der Waals surface area contributed by atoms with E-state index in [1.165, 1.54) is 28.0 Å². The predicted octanol–water partition coefficient (Wildman–Crippen LogP) is 4.56. The molecule has 0 spiro atoms. The lowest BCUT2D eigenvalue weighted by Gasteiger charge is -2.05. The third-order valence-electron chi connectivity index (χ3n) is 4.57. The molecule has 152 valence electrons. The number of nitrogens with one attached hydrogen (secondary N) is 2. The van der Waals surface area contributed by atoms with Gasteiger partial charge in [-0.1, -0.05) is 0 Å². The Labute approximate surface area is 177 Å². The molecule has 1 amide bonds. The minimum absolute atomic E-state index is 0.247. The summed E-state index contributed by atoms with van der Waals surface area (Å²) in [6.45, 7) is 1.77. The molecule has 0 radical (unpaired) electrons. The highest BCUT2D eigenvalue weighted by atomic mass is 32.1. The first-order valence-electron chi connectivity index (χ1n) is 8.72. The fraction of sp³-hybridized carbons (Fsp3) is 0.100. The Kier molecular flexibility index (Phi) is 5.04. The van der Waals surface area contributed by atoms with E-state index < -0.39 is 17.5 Å². The van der Waals surface area contributed by atoms with Crippen molar-refractivity contribution in [2.45, 2.75) is 6.92 Å². The Bertz CT molecular complexity index is 1440. The summed E-state index contributed by atoms with van der Waals surface area (Å²) in [5, 5.41) is 3.42. The minimum atomic E-state index is -0.967. The normalized spacial score (nSPS) is 11.1. The van der Waals surface area contributed by atoms with Crippen LogP contribution in [0.2, 0.25) is 0 Å². The summed E-state index contributed by atoms with van der Waals surface area (Å²) in [7, 11) is 1.57. The molecule has 2 heterocycles. The maximum absolute atomic E-state index is 13.5. The Hall–Kier alpha value is -3.24. The number of amides is 1. The van der Waals surface area contributed by atoms with Gasteiger partial charge in [0.1, 0.15) is 0 Å². The molecule has 0 atom stereocenters. The van der Waals surface area contributed by atoms with E-state index in [0.717, 1.165) is 17.0 Å². The number of aromatic nitrogens is 3. The number of aryl methyl sites for hydroxylation is 1. The first-order chi connectivity index (χ1) is 14.2. The van der Waals surface area contributed by atoms with E-state index in [2.05, 4.69) is 15.3 Å². The molecule has 0 unspecified atom stereocenters. The van der Waals surface area contributed by atoms with Gasteiger partial charge in [0, 0.05) is 23.1 Å². The van der Waals surface area contributed by atoms with Crippen LogP contribution in [-0.2, 0) is 7.05 Å². The van der Waals surface area contributed by atoms with Gasteiger partial charge >= 0.3 is 0 Å². The Morgan fingerprint density at radius 3 is 2.70 bits per heavy atom. The number of anilines is 1. The number of aromatic amines is 1. The second-order valence-electron chi connectivity index (χ2n) is 6.56. The van der Waals surface area contributed by atoms with E-state index in [-0.39, 0.29) is 10.3 Å². The minimum Gasteiger partial charge on any atom is -0.332 e. The van der Waals surface area contributed by atoms with Gasteiger partial charge in [-0.25, -0.2) is 13.8 Å². The van der Waals surface area contributed by atoms with Crippen LogP contribution in [0.1, 0.15) is 15.2 Å². The number of nitrogens with zero attached hydrogens (tertiary/aromatic N) is 2. The van der Waals surface area contributed by atoms with Gasteiger partial charge in [-0.3, -0.25) is 19.5 Å². The summed E-state index contributed by atoms with van der Waals surface area (Å²) in [5.74, 6) is -2.34.